The van der Waals surface area contributed by atoms with Crippen LogP contribution in [0.3, 0.4) is 0 Å². The van der Waals surface area contributed by atoms with Crippen LogP contribution < -0.4 is 9.64 Å². The van der Waals surface area contributed by atoms with E-state index in [-0.39, 0.29) is 24.6 Å². The van der Waals surface area contributed by atoms with Crippen LogP contribution in [0.2, 0.25) is 0 Å². The summed E-state index contributed by atoms with van der Waals surface area (Å²) < 4.78 is 19.1. The van der Waals surface area contributed by atoms with Gasteiger partial charge in [0, 0.05) is 7.05 Å². The minimum atomic E-state index is -0.302. The predicted octanol–water partition coefficient (Wildman–Crippen LogP) is 1.40. The lowest BCUT2D eigenvalue weighted by molar-refractivity contribution is 0.0881. The molecule has 0 aromatic heterocycles. The number of nitrogens with zero attached hydrogens (tertiary/aromatic N) is 1. The number of anilines is 1. The van der Waals surface area contributed by atoms with Crippen LogP contribution in [-0.2, 0) is 0 Å². The SMILES string of the molecule is CC1C(CO)Oc2cccc(F)c2N1C. The second-order valence-corrected chi connectivity index (χ2v) is 3.78. The highest BCUT2D eigenvalue weighted by atomic mass is 19.1. The van der Waals surface area contributed by atoms with Gasteiger partial charge in [-0.25, -0.2) is 4.39 Å². The van der Waals surface area contributed by atoms with E-state index in [0.29, 0.717) is 11.4 Å². The van der Waals surface area contributed by atoms with Crippen molar-refractivity contribution in [3.63, 3.8) is 0 Å². The van der Waals surface area contributed by atoms with Crippen molar-refractivity contribution < 1.29 is 14.2 Å². The van der Waals surface area contributed by atoms with Gasteiger partial charge >= 0.3 is 0 Å². The predicted molar refractivity (Wildman–Crippen MR) is 55.8 cm³/mol. The van der Waals surface area contributed by atoms with E-state index in [1.54, 1.807) is 24.1 Å². The molecule has 0 spiro atoms. The number of hydrogen-bond donors (Lipinski definition) is 1. The maximum absolute atomic E-state index is 13.5. The zero-order chi connectivity index (χ0) is 11.0. The Morgan fingerprint density at radius 1 is 1.53 bits per heavy atom. The average molecular weight is 211 g/mol. The van der Waals surface area contributed by atoms with Gasteiger partial charge in [-0.2, -0.15) is 0 Å². The third-order valence-electron chi connectivity index (χ3n) is 2.91. The first-order valence-corrected chi connectivity index (χ1v) is 4.94. The molecular formula is C11H14FNO2. The molecule has 0 aliphatic carbocycles. The van der Waals surface area contributed by atoms with Gasteiger partial charge in [0.05, 0.1) is 12.6 Å². The van der Waals surface area contributed by atoms with Crippen molar-refractivity contribution in [3.8, 4) is 5.75 Å². The van der Waals surface area contributed by atoms with Gasteiger partial charge in [-0.3, -0.25) is 0 Å². The molecule has 0 radical (unpaired) electrons. The topological polar surface area (TPSA) is 32.7 Å². The van der Waals surface area contributed by atoms with Gasteiger partial charge in [-0.1, -0.05) is 6.07 Å². The van der Waals surface area contributed by atoms with E-state index in [0.717, 1.165) is 0 Å². The van der Waals surface area contributed by atoms with Crippen LogP contribution in [0.4, 0.5) is 10.1 Å². The molecule has 1 N–H and O–H groups in total. The Hall–Kier alpha value is -1.29. The summed E-state index contributed by atoms with van der Waals surface area (Å²) in [6.45, 7) is 1.83. The number of hydrogen-bond acceptors (Lipinski definition) is 3. The first-order chi connectivity index (χ1) is 7.15. The van der Waals surface area contributed by atoms with Crippen molar-refractivity contribution in [1.29, 1.82) is 0 Å². The zero-order valence-corrected chi connectivity index (χ0v) is 8.77. The summed E-state index contributed by atoms with van der Waals surface area (Å²) >= 11 is 0. The number of benzene rings is 1. The van der Waals surface area contributed by atoms with Crippen LogP contribution in [0.1, 0.15) is 6.92 Å². The Morgan fingerprint density at radius 3 is 2.93 bits per heavy atom. The molecule has 1 aromatic carbocycles. The molecule has 0 saturated carbocycles. The minimum absolute atomic E-state index is 0.0422. The first kappa shape index (κ1) is 10.2. The largest absolute Gasteiger partial charge is 0.484 e. The summed E-state index contributed by atoms with van der Waals surface area (Å²) in [6, 6.07) is 4.68. The molecule has 3 nitrogen and oxygen atoms in total. The van der Waals surface area contributed by atoms with Gasteiger partial charge in [-0.05, 0) is 19.1 Å². The third-order valence-corrected chi connectivity index (χ3v) is 2.91. The Kier molecular flexibility index (Phi) is 2.52. The Balaban J connectivity index is 2.45. The molecule has 2 rings (SSSR count). The van der Waals surface area contributed by atoms with Crippen LogP contribution in [0.5, 0.6) is 5.75 Å². The second-order valence-electron chi connectivity index (χ2n) is 3.78. The maximum Gasteiger partial charge on any atom is 0.150 e. The molecule has 1 aliphatic rings. The number of likely N-dealkylation sites (N-methyl/N-ethyl adjacent to an activating group) is 1. The number of aliphatic hydroxyl groups is 1. The van der Waals surface area contributed by atoms with E-state index >= 15 is 0 Å². The number of para-hydroxylation sites is 1. The fraction of sp³-hybridized carbons (Fsp3) is 0.455. The lowest BCUT2D eigenvalue weighted by Gasteiger charge is -2.39. The zero-order valence-electron chi connectivity index (χ0n) is 8.77. The molecule has 2 unspecified atom stereocenters. The van der Waals surface area contributed by atoms with Gasteiger partial charge < -0.3 is 14.7 Å². The van der Waals surface area contributed by atoms with E-state index in [9.17, 15) is 4.39 Å². The van der Waals surface area contributed by atoms with Crippen molar-refractivity contribution in [3.05, 3.63) is 24.0 Å². The molecule has 15 heavy (non-hydrogen) atoms. The molecule has 2 atom stereocenters. The lowest BCUT2D eigenvalue weighted by Crippen LogP contribution is -2.48. The van der Waals surface area contributed by atoms with Crippen LogP contribution in [0.25, 0.3) is 0 Å². The number of rotatable bonds is 1. The van der Waals surface area contributed by atoms with Crippen LogP contribution >= 0.6 is 0 Å². The summed E-state index contributed by atoms with van der Waals surface area (Å²) in [7, 11) is 1.80. The fourth-order valence-electron chi connectivity index (χ4n) is 1.84. The highest BCUT2D eigenvalue weighted by molar-refractivity contribution is 5.61. The van der Waals surface area contributed by atoms with Crippen LogP contribution in [-0.4, -0.2) is 30.9 Å². The van der Waals surface area contributed by atoms with Crippen molar-refractivity contribution in [1.82, 2.24) is 0 Å². The highest BCUT2D eigenvalue weighted by Crippen LogP contribution is 2.36. The summed E-state index contributed by atoms with van der Waals surface area (Å²) in [6.07, 6.45) is -0.302. The van der Waals surface area contributed by atoms with Crippen molar-refractivity contribution in [2.24, 2.45) is 0 Å². The van der Waals surface area contributed by atoms with Crippen LogP contribution in [0, 0.1) is 5.82 Å². The van der Waals surface area contributed by atoms with Gasteiger partial charge in [0.2, 0.25) is 0 Å². The minimum Gasteiger partial charge on any atom is -0.484 e. The molecule has 82 valence electrons. The smallest absolute Gasteiger partial charge is 0.150 e. The van der Waals surface area contributed by atoms with E-state index in [4.69, 9.17) is 9.84 Å². The summed E-state index contributed by atoms with van der Waals surface area (Å²) in [5.74, 6) is 0.202. The standard InChI is InChI=1S/C11H14FNO2/c1-7-10(6-14)15-9-5-3-4-8(12)11(9)13(7)2/h3-5,7,10,14H,6H2,1-2H3. The molecule has 4 heteroatoms. The molecule has 0 fully saturated rings. The fourth-order valence-corrected chi connectivity index (χ4v) is 1.84. The molecule has 0 bridgehead atoms. The van der Waals surface area contributed by atoms with Gasteiger partial charge in [0.1, 0.15) is 23.4 Å². The highest BCUT2D eigenvalue weighted by Gasteiger charge is 2.31. The molecule has 1 aliphatic heterocycles. The Morgan fingerprint density at radius 2 is 2.27 bits per heavy atom. The van der Waals surface area contributed by atoms with Gasteiger partial charge in [0.15, 0.2) is 0 Å². The summed E-state index contributed by atoms with van der Waals surface area (Å²) in [5.41, 5.74) is 0.467. The van der Waals surface area contributed by atoms with Crippen molar-refractivity contribution >= 4 is 5.69 Å². The Bertz CT molecular complexity index is 370. The molecule has 1 aromatic rings. The lowest BCUT2D eigenvalue weighted by atomic mass is 10.1. The van der Waals surface area contributed by atoms with E-state index in [2.05, 4.69) is 0 Å². The number of ether oxygens (including phenoxy) is 1. The van der Waals surface area contributed by atoms with Crippen molar-refractivity contribution in [2.45, 2.75) is 19.1 Å². The van der Waals surface area contributed by atoms with Crippen molar-refractivity contribution in [2.75, 3.05) is 18.6 Å². The Labute approximate surface area is 88.1 Å². The summed E-state index contributed by atoms with van der Waals surface area (Å²) in [4.78, 5) is 1.80. The third kappa shape index (κ3) is 1.55. The molecular weight excluding hydrogens is 197 g/mol. The van der Waals surface area contributed by atoms with Gasteiger partial charge in [0.25, 0.3) is 0 Å². The maximum atomic E-state index is 13.5. The second kappa shape index (κ2) is 3.70. The first-order valence-electron chi connectivity index (χ1n) is 4.94. The summed E-state index contributed by atoms with van der Waals surface area (Å²) in [5, 5.41) is 9.13. The number of aliphatic hydroxyl groups excluding tert-OH is 1. The number of halogens is 1. The molecule has 0 saturated heterocycles. The van der Waals surface area contributed by atoms with Crippen LogP contribution in [0.15, 0.2) is 18.2 Å². The quantitative estimate of drug-likeness (QED) is 0.762. The van der Waals surface area contributed by atoms with E-state index in [1.165, 1.54) is 6.07 Å². The average Bonchev–Trinajstić information content (AvgIpc) is 2.23. The van der Waals surface area contributed by atoms with Gasteiger partial charge in [-0.15, -0.1) is 0 Å². The molecule has 0 amide bonds. The monoisotopic (exact) mass is 211 g/mol. The van der Waals surface area contributed by atoms with E-state index < -0.39 is 0 Å². The normalized spacial score (nSPS) is 24.7. The molecule has 1 heterocycles. The number of fused-ring (bicyclic) bond motifs is 1. The van der Waals surface area contributed by atoms with E-state index in [1.807, 2.05) is 6.92 Å².